The summed E-state index contributed by atoms with van der Waals surface area (Å²) in [5.41, 5.74) is -0.541. The number of ether oxygens (including phenoxy) is 1. The highest BCUT2D eigenvalue weighted by atomic mass is 19.1. The number of piperidine rings is 1. The van der Waals surface area contributed by atoms with Crippen LogP contribution in [0.1, 0.15) is 26.7 Å². The second-order valence-corrected chi connectivity index (χ2v) is 5.82. The third-order valence-corrected chi connectivity index (χ3v) is 4.18. The molecule has 5 heteroatoms. The van der Waals surface area contributed by atoms with Crippen LogP contribution in [-0.4, -0.2) is 31.2 Å². The Morgan fingerprint density at radius 1 is 1.50 bits per heavy atom. The second kappa shape index (κ2) is 5.77. The van der Waals surface area contributed by atoms with Gasteiger partial charge in [-0.1, -0.05) is 6.07 Å². The fourth-order valence-corrected chi connectivity index (χ4v) is 2.78. The van der Waals surface area contributed by atoms with E-state index in [1.807, 2.05) is 18.7 Å². The van der Waals surface area contributed by atoms with Crippen LogP contribution in [0.2, 0.25) is 0 Å². The van der Waals surface area contributed by atoms with E-state index in [4.69, 9.17) is 4.74 Å². The van der Waals surface area contributed by atoms with Crippen LogP contribution in [0, 0.1) is 17.3 Å². The number of anilines is 1. The van der Waals surface area contributed by atoms with Gasteiger partial charge in [0.05, 0.1) is 12.5 Å². The zero-order chi connectivity index (χ0) is 14.8. The van der Waals surface area contributed by atoms with E-state index in [2.05, 4.69) is 4.98 Å². The van der Waals surface area contributed by atoms with Crippen molar-refractivity contribution in [2.24, 2.45) is 11.3 Å². The highest BCUT2D eigenvalue weighted by molar-refractivity contribution is 5.76. The minimum Gasteiger partial charge on any atom is -0.469 e. The average Bonchev–Trinajstić information content (AvgIpc) is 2.46. The largest absolute Gasteiger partial charge is 0.469 e. The molecule has 1 saturated heterocycles. The highest BCUT2D eigenvalue weighted by Gasteiger charge is 2.40. The first-order chi connectivity index (χ1) is 9.45. The molecule has 1 fully saturated rings. The number of halogens is 1. The van der Waals surface area contributed by atoms with Gasteiger partial charge in [-0.2, -0.15) is 4.39 Å². The molecule has 1 aliphatic heterocycles. The molecule has 0 aliphatic carbocycles. The van der Waals surface area contributed by atoms with Crippen molar-refractivity contribution in [2.75, 3.05) is 25.1 Å². The Hall–Kier alpha value is -1.65. The van der Waals surface area contributed by atoms with Gasteiger partial charge in [0.1, 0.15) is 5.82 Å². The number of carbonyl (C=O) groups is 1. The van der Waals surface area contributed by atoms with Crippen LogP contribution < -0.4 is 4.90 Å². The van der Waals surface area contributed by atoms with Crippen LogP contribution in [0.25, 0.3) is 0 Å². The summed E-state index contributed by atoms with van der Waals surface area (Å²) in [6.07, 6.45) is 1.93. The number of pyridine rings is 1. The summed E-state index contributed by atoms with van der Waals surface area (Å²) < 4.78 is 18.1. The maximum atomic E-state index is 13.2. The summed E-state index contributed by atoms with van der Waals surface area (Å²) in [6, 6.07) is 4.80. The SMILES string of the molecule is COC(=O)C(C)(C)C1CCCN(c2cccc(F)n2)C1. The molecule has 1 aromatic heterocycles. The maximum Gasteiger partial charge on any atom is 0.311 e. The van der Waals surface area contributed by atoms with Gasteiger partial charge < -0.3 is 9.64 Å². The monoisotopic (exact) mass is 280 g/mol. The molecule has 0 N–H and O–H groups in total. The third-order valence-electron chi connectivity index (χ3n) is 4.18. The molecule has 4 nitrogen and oxygen atoms in total. The van der Waals surface area contributed by atoms with Crippen molar-refractivity contribution in [2.45, 2.75) is 26.7 Å². The average molecular weight is 280 g/mol. The lowest BCUT2D eigenvalue weighted by atomic mass is 9.74. The van der Waals surface area contributed by atoms with E-state index in [1.54, 1.807) is 12.1 Å². The predicted molar refractivity (Wildman–Crippen MR) is 74.9 cm³/mol. The van der Waals surface area contributed by atoms with Gasteiger partial charge in [-0.3, -0.25) is 4.79 Å². The van der Waals surface area contributed by atoms with Crippen molar-refractivity contribution >= 4 is 11.8 Å². The van der Waals surface area contributed by atoms with Crippen molar-refractivity contribution in [3.05, 3.63) is 24.1 Å². The topological polar surface area (TPSA) is 42.4 Å². The van der Waals surface area contributed by atoms with Gasteiger partial charge in [-0.15, -0.1) is 0 Å². The molecular weight excluding hydrogens is 259 g/mol. The van der Waals surface area contributed by atoms with Crippen molar-refractivity contribution in [1.82, 2.24) is 4.98 Å². The Labute approximate surface area is 118 Å². The highest BCUT2D eigenvalue weighted by Crippen LogP contribution is 2.36. The number of hydrogen-bond acceptors (Lipinski definition) is 4. The lowest BCUT2D eigenvalue weighted by Crippen LogP contribution is -2.45. The van der Waals surface area contributed by atoms with E-state index in [9.17, 15) is 9.18 Å². The fourth-order valence-electron chi connectivity index (χ4n) is 2.78. The van der Waals surface area contributed by atoms with Crippen LogP contribution >= 0.6 is 0 Å². The standard InChI is InChI=1S/C15H21FN2O2/c1-15(2,14(19)20-3)11-6-5-9-18(10-11)13-8-4-7-12(16)17-13/h4,7-8,11H,5-6,9-10H2,1-3H3. The molecule has 0 saturated carbocycles. The molecule has 1 aromatic rings. The molecule has 2 heterocycles. The van der Waals surface area contributed by atoms with Crippen LogP contribution in [0.5, 0.6) is 0 Å². The van der Waals surface area contributed by atoms with E-state index >= 15 is 0 Å². The van der Waals surface area contributed by atoms with Crippen LogP contribution in [0.15, 0.2) is 18.2 Å². The van der Waals surface area contributed by atoms with Crippen molar-refractivity contribution in [3.8, 4) is 0 Å². The smallest absolute Gasteiger partial charge is 0.311 e. The van der Waals surface area contributed by atoms with Gasteiger partial charge >= 0.3 is 5.97 Å². The number of nitrogens with zero attached hydrogens (tertiary/aromatic N) is 2. The Bertz CT molecular complexity index is 491. The lowest BCUT2D eigenvalue weighted by molar-refractivity contribution is -0.154. The Balaban J connectivity index is 2.15. The van der Waals surface area contributed by atoms with Gasteiger partial charge in [0, 0.05) is 13.1 Å². The zero-order valence-electron chi connectivity index (χ0n) is 12.2. The number of aromatic nitrogens is 1. The number of esters is 1. The second-order valence-electron chi connectivity index (χ2n) is 5.82. The first-order valence-corrected chi connectivity index (χ1v) is 6.91. The summed E-state index contributed by atoms with van der Waals surface area (Å²) in [7, 11) is 1.42. The number of carbonyl (C=O) groups excluding carboxylic acids is 1. The molecule has 20 heavy (non-hydrogen) atoms. The van der Waals surface area contributed by atoms with Crippen molar-refractivity contribution in [1.29, 1.82) is 0 Å². The first-order valence-electron chi connectivity index (χ1n) is 6.91. The Kier molecular flexibility index (Phi) is 4.26. The fraction of sp³-hybridized carbons (Fsp3) is 0.600. The molecule has 0 aromatic carbocycles. The molecule has 1 atom stereocenters. The summed E-state index contributed by atoms with van der Waals surface area (Å²) in [6.45, 7) is 5.35. The van der Waals surface area contributed by atoms with Crippen LogP contribution in [0.4, 0.5) is 10.2 Å². The molecular formula is C15H21FN2O2. The van der Waals surface area contributed by atoms with Gasteiger partial charge in [0.15, 0.2) is 0 Å². The third kappa shape index (κ3) is 2.92. The number of hydrogen-bond donors (Lipinski definition) is 0. The summed E-state index contributed by atoms with van der Waals surface area (Å²) >= 11 is 0. The van der Waals surface area contributed by atoms with Gasteiger partial charge in [-0.05, 0) is 44.7 Å². The molecule has 1 unspecified atom stereocenters. The first kappa shape index (κ1) is 14.8. The summed E-state index contributed by atoms with van der Waals surface area (Å²) in [5.74, 6) is 0.137. The van der Waals surface area contributed by atoms with E-state index < -0.39 is 11.4 Å². The maximum absolute atomic E-state index is 13.2. The quantitative estimate of drug-likeness (QED) is 0.630. The van der Waals surface area contributed by atoms with E-state index in [-0.39, 0.29) is 11.9 Å². The van der Waals surface area contributed by atoms with Gasteiger partial charge in [0.2, 0.25) is 5.95 Å². The Morgan fingerprint density at radius 2 is 2.25 bits per heavy atom. The van der Waals surface area contributed by atoms with E-state index in [0.717, 1.165) is 19.4 Å². The molecule has 0 radical (unpaired) electrons. The van der Waals surface area contributed by atoms with Crippen LogP contribution in [-0.2, 0) is 9.53 Å². The minimum atomic E-state index is -0.541. The number of methoxy groups -OCH3 is 1. The predicted octanol–water partition coefficient (Wildman–Crippen LogP) is 2.64. The normalized spacial score (nSPS) is 19.8. The van der Waals surface area contributed by atoms with Crippen LogP contribution in [0.3, 0.4) is 0 Å². The molecule has 0 bridgehead atoms. The molecule has 0 spiro atoms. The lowest BCUT2D eigenvalue weighted by Gasteiger charge is -2.40. The van der Waals surface area contributed by atoms with Gasteiger partial charge in [-0.25, -0.2) is 4.98 Å². The van der Waals surface area contributed by atoms with E-state index in [1.165, 1.54) is 13.2 Å². The minimum absolute atomic E-state index is 0.175. The van der Waals surface area contributed by atoms with Gasteiger partial charge in [0.25, 0.3) is 0 Å². The molecule has 1 aliphatic rings. The molecule has 2 rings (SSSR count). The summed E-state index contributed by atoms with van der Waals surface area (Å²) in [5, 5.41) is 0. The Morgan fingerprint density at radius 3 is 2.90 bits per heavy atom. The molecule has 110 valence electrons. The van der Waals surface area contributed by atoms with Crippen molar-refractivity contribution < 1.29 is 13.9 Å². The number of rotatable bonds is 3. The van der Waals surface area contributed by atoms with Crippen molar-refractivity contribution in [3.63, 3.8) is 0 Å². The molecule has 0 amide bonds. The zero-order valence-corrected chi connectivity index (χ0v) is 12.2. The van der Waals surface area contributed by atoms with E-state index in [0.29, 0.717) is 12.4 Å². The summed E-state index contributed by atoms with van der Waals surface area (Å²) in [4.78, 5) is 17.9.